The van der Waals surface area contributed by atoms with Crippen molar-refractivity contribution >= 4 is 40.0 Å². The number of anilines is 1. The number of hydrogen-bond acceptors (Lipinski definition) is 3. The van der Waals surface area contributed by atoms with Crippen LogP contribution < -0.4 is 15.0 Å². The summed E-state index contributed by atoms with van der Waals surface area (Å²) in [6, 6.07) is 13.3. The quantitative estimate of drug-likeness (QED) is 0.539. The first-order valence-electron chi connectivity index (χ1n) is 11.9. The molecule has 0 unspecified atom stereocenters. The standard InChI is InChI=1S/C27H30ClN3O3/c1-17-9-11-19(28)14-22(17)31-25(32)24-13-18-10-12-21(34-3)15-23(18)30(24)16-27(31,2)26(33)29-20-7-5-4-6-8-20/h9-15,20H,4-8,16H2,1-3H3,(H,29,33)/t27-/m0/s1. The van der Waals surface area contributed by atoms with Gasteiger partial charge >= 0.3 is 0 Å². The van der Waals surface area contributed by atoms with E-state index in [2.05, 4.69) is 5.32 Å². The Hall–Kier alpha value is -2.99. The highest BCUT2D eigenvalue weighted by molar-refractivity contribution is 6.31. The molecule has 7 heteroatoms. The summed E-state index contributed by atoms with van der Waals surface area (Å²) in [5.41, 5.74) is 1.84. The molecule has 0 bridgehead atoms. The second kappa shape index (κ2) is 8.66. The van der Waals surface area contributed by atoms with E-state index in [1.54, 1.807) is 24.1 Å². The summed E-state index contributed by atoms with van der Waals surface area (Å²) in [6.07, 6.45) is 5.38. The molecule has 2 aliphatic rings. The Labute approximate surface area is 204 Å². The number of benzene rings is 2. The van der Waals surface area contributed by atoms with E-state index in [4.69, 9.17) is 16.3 Å². The molecule has 0 saturated heterocycles. The van der Waals surface area contributed by atoms with Gasteiger partial charge in [-0.1, -0.05) is 36.9 Å². The van der Waals surface area contributed by atoms with Gasteiger partial charge in [-0.25, -0.2) is 0 Å². The molecule has 1 aromatic heterocycles. The van der Waals surface area contributed by atoms with Crippen LogP contribution in [0.25, 0.3) is 10.9 Å². The van der Waals surface area contributed by atoms with Crippen molar-refractivity contribution in [2.75, 3.05) is 12.0 Å². The molecule has 2 amide bonds. The normalized spacial score (nSPS) is 20.9. The number of amides is 2. The van der Waals surface area contributed by atoms with Gasteiger partial charge in [0.05, 0.1) is 19.2 Å². The monoisotopic (exact) mass is 479 g/mol. The van der Waals surface area contributed by atoms with Crippen molar-refractivity contribution in [3.05, 3.63) is 58.7 Å². The highest BCUT2D eigenvalue weighted by Crippen LogP contribution is 2.39. The van der Waals surface area contributed by atoms with Crippen LogP contribution in [0.3, 0.4) is 0 Å². The van der Waals surface area contributed by atoms with Crippen LogP contribution in [0.1, 0.15) is 55.1 Å². The minimum absolute atomic E-state index is 0.137. The van der Waals surface area contributed by atoms with Crippen molar-refractivity contribution < 1.29 is 14.3 Å². The molecule has 2 aromatic carbocycles. The molecule has 34 heavy (non-hydrogen) atoms. The van der Waals surface area contributed by atoms with E-state index in [1.165, 1.54) is 6.42 Å². The van der Waals surface area contributed by atoms with Crippen LogP contribution in [-0.2, 0) is 11.3 Å². The molecule has 5 rings (SSSR count). The van der Waals surface area contributed by atoms with Gasteiger partial charge in [0.15, 0.2) is 0 Å². The summed E-state index contributed by atoms with van der Waals surface area (Å²) >= 11 is 6.35. The molecule has 3 aromatic rings. The number of hydrogen-bond donors (Lipinski definition) is 1. The summed E-state index contributed by atoms with van der Waals surface area (Å²) in [5.74, 6) is 0.359. The van der Waals surface area contributed by atoms with E-state index in [-0.39, 0.29) is 17.9 Å². The fraction of sp³-hybridized carbons (Fsp3) is 0.407. The summed E-state index contributed by atoms with van der Waals surface area (Å²) in [7, 11) is 1.62. The van der Waals surface area contributed by atoms with Gasteiger partial charge in [-0.15, -0.1) is 0 Å². The molecular weight excluding hydrogens is 450 g/mol. The fourth-order valence-electron chi connectivity index (χ4n) is 5.39. The lowest BCUT2D eigenvalue weighted by Crippen LogP contribution is -2.65. The molecular formula is C27H30ClN3O3. The minimum atomic E-state index is -1.13. The second-order valence-corrected chi connectivity index (χ2v) is 10.1. The average Bonchev–Trinajstić information content (AvgIpc) is 3.19. The number of methoxy groups -OCH3 is 1. The van der Waals surface area contributed by atoms with E-state index in [1.807, 2.05) is 48.7 Å². The summed E-state index contributed by atoms with van der Waals surface area (Å²) in [5, 5.41) is 4.73. The first-order chi connectivity index (χ1) is 16.3. The molecule has 6 nitrogen and oxygen atoms in total. The van der Waals surface area contributed by atoms with Crippen molar-refractivity contribution in [2.45, 2.75) is 64.1 Å². The molecule has 1 aliphatic carbocycles. The number of fused-ring (bicyclic) bond motifs is 3. The average molecular weight is 480 g/mol. The maximum Gasteiger partial charge on any atom is 0.275 e. The SMILES string of the molecule is COc1ccc2cc3n(c2c1)C[C@@](C)(C(=O)NC1CCCCC1)N(c1cc(Cl)ccc1C)C3=O. The Bertz CT molecular complexity index is 1280. The number of nitrogens with one attached hydrogen (secondary N) is 1. The van der Waals surface area contributed by atoms with Crippen molar-refractivity contribution in [3.63, 3.8) is 0 Å². The second-order valence-electron chi connectivity index (χ2n) is 9.69. The van der Waals surface area contributed by atoms with Crippen LogP contribution in [0.15, 0.2) is 42.5 Å². The zero-order valence-electron chi connectivity index (χ0n) is 19.9. The molecule has 1 atom stereocenters. The van der Waals surface area contributed by atoms with Crippen molar-refractivity contribution in [3.8, 4) is 5.75 Å². The summed E-state index contributed by atoms with van der Waals surface area (Å²) in [4.78, 5) is 29.6. The Morgan fingerprint density at radius 1 is 1.12 bits per heavy atom. The summed E-state index contributed by atoms with van der Waals surface area (Å²) in [6.45, 7) is 4.13. The molecule has 1 aliphatic heterocycles. The Morgan fingerprint density at radius 2 is 1.88 bits per heavy atom. The molecule has 178 valence electrons. The molecule has 0 radical (unpaired) electrons. The molecule has 1 N–H and O–H groups in total. The topological polar surface area (TPSA) is 63.6 Å². The van der Waals surface area contributed by atoms with Crippen LogP contribution in [0.5, 0.6) is 5.75 Å². The number of aromatic nitrogens is 1. The molecule has 2 heterocycles. The van der Waals surface area contributed by atoms with Crippen molar-refractivity contribution in [1.82, 2.24) is 9.88 Å². The zero-order chi connectivity index (χ0) is 24.0. The van der Waals surface area contributed by atoms with Gasteiger partial charge in [0.1, 0.15) is 17.0 Å². The van der Waals surface area contributed by atoms with Gasteiger partial charge in [-0.05, 0) is 62.6 Å². The largest absolute Gasteiger partial charge is 0.497 e. The van der Waals surface area contributed by atoms with Crippen LogP contribution in [0.2, 0.25) is 5.02 Å². The lowest BCUT2D eigenvalue weighted by Gasteiger charge is -2.45. The fourth-order valence-corrected chi connectivity index (χ4v) is 5.55. The van der Waals surface area contributed by atoms with Gasteiger partial charge in [-0.2, -0.15) is 0 Å². The number of aryl methyl sites for hydroxylation is 1. The van der Waals surface area contributed by atoms with E-state index < -0.39 is 5.54 Å². The van der Waals surface area contributed by atoms with Gasteiger partial charge in [-0.3, -0.25) is 14.5 Å². The van der Waals surface area contributed by atoms with E-state index >= 15 is 0 Å². The van der Waals surface area contributed by atoms with Gasteiger partial charge in [0.25, 0.3) is 5.91 Å². The Balaban J connectivity index is 1.65. The molecule has 1 saturated carbocycles. The first-order valence-corrected chi connectivity index (χ1v) is 12.3. The van der Waals surface area contributed by atoms with E-state index in [9.17, 15) is 9.59 Å². The zero-order valence-corrected chi connectivity index (χ0v) is 20.6. The minimum Gasteiger partial charge on any atom is -0.497 e. The van der Waals surface area contributed by atoms with Crippen LogP contribution >= 0.6 is 11.6 Å². The highest BCUT2D eigenvalue weighted by Gasteiger charge is 2.49. The van der Waals surface area contributed by atoms with Crippen LogP contribution in [-0.4, -0.2) is 35.1 Å². The van der Waals surface area contributed by atoms with Crippen LogP contribution in [0.4, 0.5) is 5.69 Å². The number of nitrogens with zero attached hydrogens (tertiary/aromatic N) is 2. The number of ether oxygens (including phenoxy) is 1. The maximum absolute atomic E-state index is 14.1. The predicted octanol–water partition coefficient (Wildman–Crippen LogP) is 5.48. The number of rotatable bonds is 4. The van der Waals surface area contributed by atoms with E-state index in [0.29, 0.717) is 28.7 Å². The van der Waals surface area contributed by atoms with Crippen molar-refractivity contribution in [1.29, 1.82) is 0 Å². The Morgan fingerprint density at radius 3 is 2.62 bits per heavy atom. The smallest absolute Gasteiger partial charge is 0.275 e. The van der Waals surface area contributed by atoms with Gasteiger partial charge in [0, 0.05) is 28.2 Å². The number of carbonyl (C=O) groups excluding carboxylic acids is 2. The van der Waals surface area contributed by atoms with Gasteiger partial charge in [0.2, 0.25) is 5.91 Å². The lowest BCUT2D eigenvalue weighted by molar-refractivity contribution is -0.127. The molecule has 0 spiro atoms. The first kappa shape index (κ1) is 22.8. The number of carbonyl (C=O) groups is 2. The number of halogens is 1. The van der Waals surface area contributed by atoms with Gasteiger partial charge < -0.3 is 14.6 Å². The summed E-state index contributed by atoms with van der Waals surface area (Å²) < 4.78 is 7.38. The Kier molecular flexibility index (Phi) is 5.80. The third kappa shape index (κ3) is 3.74. The maximum atomic E-state index is 14.1. The highest BCUT2D eigenvalue weighted by atomic mass is 35.5. The third-order valence-electron chi connectivity index (χ3n) is 7.33. The van der Waals surface area contributed by atoms with Crippen LogP contribution in [0, 0.1) is 6.92 Å². The van der Waals surface area contributed by atoms with E-state index in [0.717, 1.165) is 42.1 Å². The predicted molar refractivity (Wildman–Crippen MR) is 135 cm³/mol. The lowest BCUT2D eigenvalue weighted by atomic mass is 9.90. The van der Waals surface area contributed by atoms with Crippen molar-refractivity contribution in [2.24, 2.45) is 0 Å². The molecule has 1 fully saturated rings. The third-order valence-corrected chi connectivity index (χ3v) is 7.57.